The number of hydrogen-bond acceptors (Lipinski definition) is 4. The Labute approximate surface area is 132 Å². The van der Waals surface area contributed by atoms with Gasteiger partial charge in [0.15, 0.2) is 0 Å². The SMILES string of the molecule is CC(C)(C)OC(=O)N1CCN(CCOc2ccccc2)CC1. The molecule has 0 spiro atoms. The molecule has 1 aliphatic rings. The molecule has 0 saturated carbocycles. The molecule has 122 valence electrons. The summed E-state index contributed by atoms with van der Waals surface area (Å²) in [6, 6.07) is 9.83. The molecule has 5 nitrogen and oxygen atoms in total. The molecule has 1 aromatic rings. The number of nitrogens with zero attached hydrogens (tertiary/aromatic N) is 2. The molecule has 22 heavy (non-hydrogen) atoms. The van der Waals surface area contributed by atoms with Crippen molar-refractivity contribution in [2.24, 2.45) is 0 Å². The quantitative estimate of drug-likeness (QED) is 0.857. The summed E-state index contributed by atoms with van der Waals surface area (Å²) >= 11 is 0. The molecule has 1 heterocycles. The van der Waals surface area contributed by atoms with Crippen molar-refractivity contribution in [2.45, 2.75) is 26.4 Å². The zero-order chi connectivity index (χ0) is 16.0. The number of carbonyl (C=O) groups is 1. The van der Waals surface area contributed by atoms with Gasteiger partial charge in [0.2, 0.25) is 0 Å². The van der Waals surface area contributed by atoms with Gasteiger partial charge in [0.25, 0.3) is 0 Å². The van der Waals surface area contributed by atoms with Crippen LogP contribution in [0.2, 0.25) is 0 Å². The first-order valence-corrected chi connectivity index (χ1v) is 7.82. The number of para-hydroxylation sites is 1. The third kappa shape index (κ3) is 5.56. The van der Waals surface area contributed by atoms with Crippen molar-refractivity contribution in [3.05, 3.63) is 30.3 Å². The highest BCUT2D eigenvalue weighted by Gasteiger charge is 2.25. The van der Waals surface area contributed by atoms with Gasteiger partial charge in [-0.05, 0) is 32.9 Å². The van der Waals surface area contributed by atoms with E-state index in [4.69, 9.17) is 9.47 Å². The van der Waals surface area contributed by atoms with Gasteiger partial charge in [-0.25, -0.2) is 4.79 Å². The van der Waals surface area contributed by atoms with E-state index >= 15 is 0 Å². The van der Waals surface area contributed by atoms with Crippen molar-refractivity contribution in [2.75, 3.05) is 39.3 Å². The predicted molar refractivity (Wildman–Crippen MR) is 86.2 cm³/mol. The summed E-state index contributed by atoms with van der Waals surface area (Å²) in [5, 5.41) is 0. The number of hydrogen-bond donors (Lipinski definition) is 0. The maximum atomic E-state index is 12.0. The lowest BCUT2D eigenvalue weighted by Gasteiger charge is -2.35. The van der Waals surface area contributed by atoms with E-state index in [1.54, 1.807) is 4.90 Å². The Bertz CT molecular complexity index is 463. The molecule has 0 unspecified atom stereocenters. The molecule has 2 rings (SSSR count). The van der Waals surface area contributed by atoms with Crippen LogP contribution in [-0.4, -0.2) is 60.8 Å². The summed E-state index contributed by atoms with van der Waals surface area (Å²) in [6.07, 6.45) is -0.215. The minimum atomic E-state index is -0.433. The van der Waals surface area contributed by atoms with E-state index < -0.39 is 5.60 Å². The van der Waals surface area contributed by atoms with Crippen molar-refractivity contribution in [1.29, 1.82) is 0 Å². The van der Waals surface area contributed by atoms with Crippen LogP contribution in [0.1, 0.15) is 20.8 Å². The minimum Gasteiger partial charge on any atom is -0.492 e. The summed E-state index contributed by atoms with van der Waals surface area (Å²) in [7, 11) is 0. The van der Waals surface area contributed by atoms with E-state index in [2.05, 4.69) is 4.90 Å². The lowest BCUT2D eigenvalue weighted by atomic mass is 10.2. The van der Waals surface area contributed by atoms with E-state index in [1.807, 2.05) is 51.1 Å². The minimum absolute atomic E-state index is 0.215. The zero-order valence-corrected chi connectivity index (χ0v) is 13.7. The van der Waals surface area contributed by atoms with Gasteiger partial charge in [0.05, 0.1) is 0 Å². The Balaban J connectivity index is 1.66. The maximum absolute atomic E-state index is 12.0. The fourth-order valence-electron chi connectivity index (χ4n) is 2.29. The van der Waals surface area contributed by atoms with Crippen molar-refractivity contribution >= 4 is 6.09 Å². The zero-order valence-electron chi connectivity index (χ0n) is 13.7. The van der Waals surface area contributed by atoms with Crippen molar-refractivity contribution in [3.63, 3.8) is 0 Å². The Morgan fingerprint density at radius 1 is 1.09 bits per heavy atom. The number of piperazine rings is 1. The van der Waals surface area contributed by atoms with Crippen LogP contribution in [-0.2, 0) is 4.74 Å². The fourth-order valence-corrected chi connectivity index (χ4v) is 2.29. The van der Waals surface area contributed by atoms with Crippen LogP contribution >= 0.6 is 0 Å². The largest absolute Gasteiger partial charge is 0.492 e. The Morgan fingerprint density at radius 3 is 2.32 bits per heavy atom. The molecule has 1 fully saturated rings. The van der Waals surface area contributed by atoms with Gasteiger partial charge in [-0.1, -0.05) is 18.2 Å². The van der Waals surface area contributed by atoms with Gasteiger partial charge < -0.3 is 14.4 Å². The van der Waals surface area contributed by atoms with Crippen LogP contribution in [0.15, 0.2) is 30.3 Å². The third-order valence-electron chi connectivity index (χ3n) is 3.44. The van der Waals surface area contributed by atoms with Crippen LogP contribution in [0.3, 0.4) is 0 Å². The van der Waals surface area contributed by atoms with Gasteiger partial charge in [0, 0.05) is 32.7 Å². The van der Waals surface area contributed by atoms with Gasteiger partial charge in [-0.15, -0.1) is 0 Å². The summed E-state index contributed by atoms with van der Waals surface area (Å²) < 4.78 is 11.1. The van der Waals surface area contributed by atoms with E-state index in [1.165, 1.54) is 0 Å². The molecule has 0 radical (unpaired) electrons. The predicted octanol–water partition coefficient (Wildman–Crippen LogP) is 2.62. The molecule has 0 atom stereocenters. The lowest BCUT2D eigenvalue weighted by molar-refractivity contribution is 0.0137. The van der Waals surface area contributed by atoms with Crippen molar-refractivity contribution in [3.8, 4) is 5.75 Å². The Hall–Kier alpha value is -1.75. The Kier molecular flexibility index (Phi) is 5.66. The van der Waals surface area contributed by atoms with Crippen molar-refractivity contribution < 1.29 is 14.3 Å². The second-order valence-electron chi connectivity index (χ2n) is 6.47. The first kappa shape index (κ1) is 16.6. The molecule has 0 aliphatic carbocycles. The van der Waals surface area contributed by atoms with E-state index in [0.717, 1.165) is 25.4 Å². The standard InChI is InChI=1S/C17H26N2O3/c1-17(2,3)22-16(20)19-11-9-18(10-12-19)13-14-21-15-7-5-4-6-8-15/h4-8H,9-14H2,1-3H3. The fraction of sp³-hybridized carbons (Fsp3) is 0.588. The van der Waals surface area contributed by atoms with Crippen LogP contribution < -0.4 is 4.74 Å². The summed E-state index contributed by atoms with van der Waals surface area (Å²) in [5.74, 6) is 0.898. The second-order valence-corrected chi connectivity index (χ2v) is 6.47. The highest BCUT2D eigenvalue weighted by molar-refractivity contribution is 5.68. The van der Waals surface area contributed by atoms with Gasteiger partial charge >= 0.3 is 6.09 Å². The topological polar surface area (TPSA) is 42.0 Å². The van der Waals surface area contributed by atoms with Gasteiger partial charge in [-0.2, -0.15) is 0 Å². The normalized spacial score (nSPS) is 16.4. The number of ether oxygens (including phenoxy) is 2. The molecule has 1 saturated heterocycles. The van der Waals surface area contributed by atoms with E-state index in [-0.39, 0.29) is 6.09 Å². The molecular formula is C17H26N2O3. The number of benzene rings is 1. The van der Waals surface area contributed by atoms with Crippen LogP contribution in [0.5, 0.6) is 5.75 Å². The number of rotatable bonds is 4. The molecular weight excluding hydrogens is 280 g/mol. The average Bonchev–Trinajstić information content (AvgIpc) is 2.47. The molecule has 0 aromatic heterocycles. The van der Waals surface area contributed by atoms with Crippen molar-refractivity contribution in [1.82, 2.24) is 9.80 Å². The molecule has 1 aromatic carbocycles. The molecule has 0 bridgehead atoms. The summed E-state index contributed by atoms with van der Waals surface area (Å²) in [6.45, 7) is 10.3. The van der Waals surface area contributed by atoms with Gasteiger partial charge in [-0.3, -0.25) is 4.90 Å². The van der Waals surface area contributed by atoms with Gasteiger partial charge in [0.1, 0.15) is 18.0 Å². The summed E-state index contributed by atoms with van der Waals surface area (Å²) in [4.78, 5) is 16.1. The number of amides is 1. The van der Waals surface area contributed by atoms with Crippen LogP contribution in [0, 0.1) is 0 Å². The monoisotopic (exact) mass is 306 g/mol. The highest BCUT2D eigenvalue weighted by Crippen LogP contribution is 2.12. The van der Waals surface area contributed by atoms with E-state index in [9.17, 15) is 4.79 Å². The molecule has 5 heteroatoms. The second kappa shape index (κ2) is 7.49. The maximum Gasteiger partial charge on any atom is 0.410 e. The lowest BCUT2D eigenvalue weighted by Crippen LogP contribution is -2.50. The third-order valence-corrected chi connectivity index (χ3v) is 3.44. The van der Waals surface area contributed by atoms with Crippen LogP contribution in [0.25, 0.3) is 0 Å². The highest BCUT2D eigenvalue weighted by atomic mass is 16.6. The average molecular weight is 306 g/mol. The first-order valence-electron chi connectivity index (χ1n) is 7.82. The van der Waals surface area contributed by atoms with E-state index in [0.29, 0.717) is 19.7 Å². The molecule has 1 amide bonds. The number of carbonyl (C=O) groups excluding carboxylic acids is 1. The first-order chi connectivity index (χ1) is 10.4. The smallest absolute Gasteiger partial charge is 0.410 e. The summed E-state index contributed by atoms with van der Waals surface area (Å²) in [5.41, 5.74) is -0.433. The molecule has 0 N–H and O–H groups in total. The van der Waals surface area contributed by atoms with Crippen LogP contribution in [0.4, 0.5) is 4.79 Å². The molecule has 1 aliphatic heterocycles. The Morgan fingerprint density at radius 2 is 1.73 bits per heavy atom.